The van der Waals surface area contributed by atoms with Crippen LogP contribution < -0.4 is 0 Å². The Morgan fingerprint density at radius 1 is 0.962 bits per heavy atom. The molecule has 0 saturated heterocycles. The molecule has 0 bridgehead atoms. The summed E-state index contributed by atoms with van der Waals surface area (Å²) >= 11 is 0.727. The Kier molecular flexibility index (Phi) is 5.37. The number of benzene rings is 2. The van der Waals surface area contributed by atoms with E-state index in [1.54, 1.807) is 54.6 Å². The number of nitrogens with zero attached hydrogens (tertiary/aromatic N) is 1. The molecule has 0 amide bonds. The molecule has 0 atom stereocenters. The molecule has 1 aromatic heterocycles. The van der Waals surface area contributed by atoms with Gasteiger partial charge in [-0.25, -0.2) is 0 Å². The van der Waals surface area contributed by atoms with Gasteiger partial charge in [0.2, 0.25) is 0 Å². The molecular weight excluding hydrogens is 363 g/mol. The number of hydrogen-bond acceptors (Lipinski definition) is 4. The second-order valence-corrected chi connectivity index (χ2v) is 5.75. The second kappa shape index (κ2) is 7.70. The van der Waals surface area contributed by atoms with Crippen LogP contribution in [0, 0.1) is 0 Å². The van der Waals surface area contributed by atoms with Crippen molar-refractivity contribution in [2.24, 2.45) is 5.16 Å². The van der Waals surface area contributed by atoms with E-state index in [0.717, 1.165) is 12.0 Å². The lowest BCUT2D eigenvalue weighted by molar-refractivity contribution is -0.0596. The van der Waals surface area contributed by atoms with Crippen LogP contribution in [0.4, 0.5) is 13.2 Å². The van der Waals surface area contributed by atoms with Gasteiger partial charge in [-0.05, 0) is 6.07 Å². The van der Waals surface area contributed by atoms with Crippen molar-refractivity contribution in [3.63, 3.8) is 0 Å². The lowest BCUT2D eigenvalue weighted by Crippen LogP contribution is -2.24. The van der Waals surface area contributed by atoms with Crippen molar-refractivity contribution in [2.45, 2.75) is 6.18 Å². The highest BCUT2D eigenvalue weighted by atomic mass is 32.2. The van der Waals surface area contributed by atoms with Gasteiger partial charge >= 0.3 is 6.18 Å². The predicted molar refractivity (Wildman–Crippen MR) is 96.8 cm³/mol. The average molecular weight is 377 g/mol. The Morgan fingerprint density at radius 2 is 1.54 bits per heavy atom. The van der Waals surface area contributed by atoms with Crippen LogP contribution in [0.25, 0.3) is 22.6 Å². The zero-order valence-corrected chi connectivity index (χ0v) is 14.5. The third kappa shape index (κ3) is 3.94. The van der Waals surface area contributed by atoms with E-state index >= 15 is 0 Å². The second-order valence-electron chi connectivity index (χ2n) is 5.26. The monoisotopic (exact) mass is 377 g/mol. The summed E-state index contributed by atoms with van der Waals surface area (Å²) in [5.41, 5.74) is -0.123. The van der Waals surface area contributed by atoms with Gasteiger partial charge in [0.05, 0.1) is 17.6 Å². The minimum Gasteiger partial charge on any atom is -0.455 e. The molecule has 3 nitrogen and oxygen atoms in total. The van der Waals surface area contributed by atoms with Gasteiger partial charge in [-0.1, -0.05) is 65.8 Å². The first-order chi connectivity index (χ1) is 12.5. The largest absolute Gasteiger partial charge is 0.455 e. The zero-order chi connectivity index (χ0) is 18.6. The molecule has 26 heavy (non-hydrogen) atoms. The minimum atomic E-state index is -4.70. The van der Waals surface area contributed by atoms with Crippen LogP contribution in [0.1, 0.15) is 5.56 Å². The summed E-state index contributed by atoms with van der Waals surface area (Å²) in [5.74, 6) is 0.408. The molecule has 0 aliphatic carbocycles. The van der Waals surface area contributed by atoms with Crippen molar-refractivity contribution >= 4 is 17.8 Å². The highest BCUT2D eigenvalue weighted by molar-refractivity contribution is 7.93. The summed E-state index contributed by atoms with van der Waals surface area (Å²) in [6.07, 6.45) is -3.21. The quantitative estimate of drug-likeness (QED) is 0.303. The van der Waals surface area contributed by atoms with Gasteiger partial charge in [0.1, 0.15) is 11.5 Å². The first kappa shape index (κ1) is 18.1. The van der Waals surface area contributed by atoms with Crippen molar-refractivity contribution < 1.29 is 21.9 Å². The summed E-state index contributed by atoms with van der Waals surface area (Å²) in [6.45, 7) is 0. The Balaban J connectivity index is 2.20. The topological polar surface area (TPSA) is 34.7 Å². The molecule has 1 heterocycles. The van der Waals surface area contributed by atoms with E-state index in [2.05, 4.69) is 9.44 Å². The van der Waals surface area contributed by atoms with E-state index in [1.165, 1.54) is 12.3 Å². The first-order valence-corrected chi connectivity index (χ1v) is 8.75. The molecule has 134 valence electrons. The Labute approximate surface area is 152 Å². The maximum Gasteiger partial charge on any atom is 0.437 e. The van der Waals surface area contributed by atoms with Gasteiger partial charge in [-0.2, -0.15) is 13.2 Å². The van der Waals surface area contributed by atoms with Crippen LogP contribution in [0.3, 0.4) is 0 Å². The molecule has 0 N–H and O–H groups in total. The number of furan rings is 1. The maximum absolute atomic E-state index is 13.6. The standard InChI is InChI=1S/C19H14F3NO2S/c1-26-25-23-18(19(20,21)22)15-12-16(13-8-4-2-5-9-13)24-17(15)14-10-6-3-7-11-14/h2-12H,1H3/b23-18+. The summed E-state index contributed by atoms with van der Waals surface area (Å²) < 4.78 is 51.1. The molecule has 3 rings (SSSR count). The summed E-state index contributed by atoms with van der Waals surface area (Å²) in [6, 6.07) is 18.9. The normalized spacial score (nSPS) is 12.2. The Bertz CT molecular complexity index is 890. The Hall–Kier alpha value is -2.67. The van der Waals surface area contributed by atoms with Gasteiger partial charge in [0, 0.05) is 17.4 Å². The van der Waals surface area contributed by atoms with E-state index < -0.39 is 11.9 Å². The molecule has 2 aromatic carbocycles. The van der Waals surface area contributed by atoms with Gasteiger partial charge in [0.15, 0.2) is 5.71 Å². The van der Waals surface area contributed by atoms with Crippen molar-refractivity contribution in [1.29, 1.82) is 0 Å². The van der Waals surface area contributed by atoms with Crippen molar-refractivity contribution in [3.05, 3.63) is 72.3 Å². The molecule has 0 aliphatic rings. The van der Waals surface area contributed by atoms with Crippen LogP contribution in [0.5, 0.6) is 0 Å². The molecule has 0 saturated carbocycles. The number of rotatable bonds is 5. The highest BCUT2D eigenvalue weighted by Crippen LogP contribution is 2.36. The van der Waals surface area contributed by atoms with Crippen LogP contribution in [-0.4, -0.2) is 18.1 Å². The molecule has 0 fully saturated rings. The maximum atomic E-state index is 13.6. The third-order valence-corrected chi connectivity index (χ3v) is 3.78. The lowest BCUT2D eigenvalue weighted by Gasteiger charge is -2.09. The van der Waals surface area contributed by atoms with Crippen LogP contribution in [0.2, 0.25) is 0 Å². The predicted octanol–water partition coefficient (Wildman–Crippen LogP) is 6.17. The molecule has 0 radical (unpaired) electrons. The minimum absolute atomic E-state index is 0.0882. The number of oxime groups is 1. The van der Waals surface area contributed by atoms with Crippen molar-refractivity contribution in [2.75, 3.05) is 6.26 Å². The third-order valence-electron chi connectivity index (χ3n) is 3.55. The molecule has 7 heteroatoms. The summed E-state index contributed by atoms with van der Waals surface area (Å²) in [5, 5.41) is 3.27. The first-order valence-electron chi connectivity index (χ1n) is 7.61. The molecule has 0 unspecified atom stereocenters. The van der Waals surface area contributed by atoms with Crippen molar-refractivity contribution in [1.82, 2.24) is 0 Å². The molecule has 0 spiro atoms. The number of alkyl halides is 3. The lowest BCUT2D eigenvalue weighted by atomic mass is 10.0. The Morgan fingerprint density at radius 3 is 2.08 bits per heavy atom. The van der Waals surface area contributed by atoms with E-state index in [-0.39, 0.29) is 11.3 Å². The van der Waals surface area contributed by atoms with E-state index in [0.29, 0.717) is 16.9 Å². The smallest absolute Gasteiger partial charge is 0.437 e. The number of halogens is 3. The van der Waals surface area contributed by atoms with E-state index in [4.69, 9.17) is 4.42 Å². The van der Waals surface area contributed by atoms with E-state index in [9.17, 15) is 13.2 Å². The summed E-state index contributed by atoms with van der Waals surface area (Å²) in [4.78, 5) is 0. The SMILES string of the molecule is CSO/N=C(\c1cc(-c2ccccc2)oc1-c1ccccc1)C(F)(F)F. The molecule has 3 aromatic rings. The zero-order valence-electron chi connectivity index (χ0n) is 13.7. The van der Waals surface area contributed by atoms with Crippen LogP contribution >= 0.6 is 12.0 Å². The number of hydrogen-bond donors (Lipinski definition) is 0. The van der Waals surface area contributed by atoms with Gasteiger partial charge in [-0.15, -0.1) is 0 Å². The average Bonchev–Trinajstić information content (AvgIpc) is 3.07. The van der Waals surface area contributed by atoms with E-state index in [1.807, 2.05) is 6.07 Å². The van der Waals surface area contributed by atoms with Gasteiger partial charge in [0.25, 0.3) is 0 Å². The van der Waals surface area contributed by atoms with Crippen LogP contribution in [0.15, 0.2) is 76.3 Å². The summed E-state index contributed by atoms with van der Waals surface area (Å²) in [7, 11) is 0. The van der Waals surface area contributed by atoms with Gasteiger partial charge in [-0.3, -0.25) is 0 Å². The fourth-order valence-corrected chi connectivity index (χ4v) is 2.59. The van der Waals surface area contributed by atoms with Crippen LogP contribution in [-0.2, 0) is 4.28 Å². The highest BCUT2D eigenvalue weighted by Gasteiger charge is 2.41. The van der Waals surface area contributed by atoms with Gasteiger partial charge < -0.3 is 8.70 Å². The molecular formula is C19H14F3NO2S. The molecule has 0 aliphatic heterocycles. The fourth-order valence-electron chi connectivity index (χ4n) is 2.44. The van der Waals surface area contributed by atoms with Crippen molar-refractivity contribution in [3.8, 4) is 22.6 Å². The fraction of sp³-hybridized carbons (Fsp3) is 0.105.